The first kappa shape index (κ1) is 15.0. The molecule has 1 unspecified atom stereocenters. The number of nitrogens with two attached hydrogens (primary N) is 1. The maximum Gasteiger partial charge on any atom is 0.250 e. The van der Waals surface area contributed by atoms with Gasteiger partial charge in [-0.2, -0.15) is 0 Å². The molecule has 0 aliphatic heterocycles. The molecule has 0 aliphatic carbocycles. The topological polar surface area (TPSA) is 72.2 Å². The minimum Gasteiger partial charge on any atom is -0.393 e. The molecular weight excluding hydrogens is 344 g/mol. The fourth-order valence-electron chi connectivity index (χ4n) is 1.23. The van der Waals surface area contributed by atoms with Crippen molar-refractivity contribution in [1.29, 1.82) is 0 Å². The first-order chi connectivity index (χ1) is 7.72. The molecule has 96 valence electrons. The van der Waals surface area contributed by atoms with Gasteiger partial charge in [-0.1, -0.05) is 12.2 Å². The molecule has 0 aromatic carbocycles. The zero-order chi connectivity index (χ0) is 13.2. The van der Waals surface area contributed by atoms with Crippen molar-refractivity contribution in [2.75, 3.05) is 0 Å². The SMILES string of the molecule is Cc1cc(S(=O)(=O)NC(C)CC(N)=S)sc1Br. The Morgan fingerprint density at radius 3 is 2.71 bits per heavy atom. The second-order valence-corrected chi connectivity index (χ2v) is 8.55. The van der Waals surface area contributed by atoms with Gasteiger partial charge in [0.15, 0.2) is 0 Å². The summed E-state index contributed by atoms with van der Waals surface area (Å²) >= 11 is 9.23. The van der Waals surface area contributed by atoms with Crippen LogP contribution in [0.4, 0.5) is 0 Å². The summed E-state index contributed by atoms with van der Waals surface area (Å²) in [6, 6.07) is 1.32. The summed E-state index contributed by atoms with van der Waals surface area (Å²) in [5.41, 5.74) is 6.27. The lowest BCUT2D eigenvalue weighted by atomic mass is 10.3. The highest BCUT2D eigenvalue weighted by atomic mass is 79.9. The van der Waals surface area contributed by atoms with Crippen LogP contribution in [0.25, 0.3) is 0 Å². The van der Waals surface area contributed by atoms with Crippen molar-refractivity contribution < 1.29 is 8.42 Å². The lowest BCUT2D eigenvalue weighted by Gasteiger charge is -2.12. The van der Waals surface area contributed by atoms with Crippen molar-refractivity contribution in [2.45, 2.75) is 30.5 Å². The molecule has 4 nitrogen and oxygen atoms in total. The van der Waals surface area contributed by atoms with Gasteiger partial charge in [-0.15, -0.1) is 11.3 Å². The van der Waals surface area contributed by atoms with Gasteiger partial charge in [-0.25, -0.2) is 13.1 Å². The number of hydrogen-bond acceptors (Lipinski definition) is 4. The van der Waals surface area contributed by atoms with E-state index in [0.717, 1.165) is 9.35 Å². The van der Waals surface area contributed by atoms with Crippen LogP contribution < -0.4 is 10.5 Å². The molecule has 0 amide bonds. The Kier molecular flexibility index (Phi) is 5.08. The van der Waals surface area contributed by atoms with Gasteiger partial charge in [0.1, 0.15) is 4.21 Å². The standard InChI is InChI=1S/C9H13BrN2O2S3/c1-5-3-8(16-9(5)10)17(13,14)12-6(2)4-7(11)15/h3,6,12H,4H2,1-2H3,(H2,11,15). The van der Waals surface area contributed by atoms with Crippen LogP contribution >= 0.6 is 39.5 Å². The maximum absolute atomic E-state index is 12.0. The van der Waals surface area contributed by atoms with E-state index < -0.39 is 10.0 Å². The third kappa shape index (κ3) is 4.29. The van der Waals surface area contributed by atoms with Gasteiger partial charge >= 0.3 is 0 Å². The number of aryl methyl sites for hydroxylation is 1. The van der Waals surface area contributed by atoms with E-state index in [2.05, 4.69) is 20.7 Å². The third-order valence-electron chi connectivity index (χ3n) is 1.96. The molecule has 1 heterocycles. The Bertz CT molecular complexity index is 505. The Balaban J connectivity index is 2.85. The molecule has 1 atom stereocenters. The van der Waals surface area contributed by atoms with Gasteiger partial charge in [0.2, 0.25) is 10.0 Å². The van der Waals surface area contributed by atoms with E-state index in [4.69, 9.17) is 18.0 Å². The van der Waals surface area contributed by atoms with Crippen molar-refractivity contribution in [1.82, 2.24) is 4.72 Å². The molecule has 1 aromatic heterocycles. The van der Waals surface area contributed by atoms with E-state index in [9.17, 15) is 8.42 Å². The van der Waals surface area contributed by atoms with Gasteiger partial charge in [0.25, 0.3) is 0 Å². The van der Waals surface area contributed by atoms with E-state index in [0.29, 0.717) is 11.4 Å². The minimum atomic E-state index is -3.48. The van der Waals surface area contributed by atoms with E-state index >= 15 is 0 Å². The summed E-state index contributed by atoms with van der Waals surface area (Å²) in [6.45, 7) is 3.57. The number of sulfonamides is 1. The quantitative estimate of drug-likeness (QED) is 0.793. The Morgan fingerprint density at radius 1 is 1.71 bits per heavy atom. The van der Waals surface area contributed by atoms with Crippen LogP contribution in [0.1, 0.15) is 18.9 Å². The van der Waals surface area contributed by atoms with Crippen LogP contribution in [0.15, 0.2) is 14.1 Å². The number of hydrogen-bond donors (Lipinski definition) is 2. The third-order valence-corrected chi connectivity index (χ3v) is 6.33. The summed E-state index contributed by atoms with van der Waals surface area (Å²) in [6.07, 6.45) is 0.347. The van der Waals surface area contributed by atoms with Gasteiger partial charge in [0, 0.05) is 12.5 Å². The zero-order valence-electron chi connectivity index (χ0n) is 9.36. The Labute approximate surface area is 119 Å². The first-order valence-electron chi connectivity index (χ1n) is 4.79. The summed E-state index contributed by atoms with van der Waals surface area (Å²) in [7, 11) is -3.48. The molecule has 0 fully saturated rings. The van der Waals surface area contributed by atoms with Crippen molar-refractivity contribution in [3.63, 3.8) is 0 Å². The largest absolute Gasteiger partial charge is 0.393 e. The van der Waals surface area contributed by atoms with Crippen molar-refractivity contribution >= 4 is 54.5 Å². The molecule has 0 radical (unpaired) electrons. The van der Waals surface area contributed by atoms with Crippen LogP contribution in [-0.4, -0.2) is 19.4 Å². The minimum absolute atomic E-state index is 0.289. The molecule has 1 aromatic rings. The number of halogens is 1. The molecule has 1 rings (SSSR count). The molecule has 8 heteroatoms. The van der Waals surface area contributed by atoms with Gasteiger partial charge in [-0.05, 0) is 41.4 Å². The second-order valence-electron chi connectivity index (χ2n) is 3.71. The van der Waals surface area contributed by atoms with Crippen LogP contribution in [-0.2, 0) is 10.0 Å². The summed E-state index contributed by atoms with van der Waals surface area (Å²) in [4.78, 5) is 0.295. The lowest BCUT2D eigenvalue weighted by molar-refractivity contribution is 0.567. The molecule has 0 aliphatic rings. The summed E-state index contributed by atoms with van der Waals surface area (Å²) in [5.74, 6) is 0. The first-order valence-corrected chi connectivity index (χ1v) is 8.29. The maximum atomic E-state index is 12.0. The van der Waals surface area contributed by atoms with E-state index in [-0.39, 0.29) is 10.3 Å². The molecular formula is C9H13BrN2O2S3. The van der Waals surface area contributed by atoms with E-state index in [1.54, 1.807) is 13.0 Å². The van der Waals surface area contributed by atoms with Gasteiger partial charge in [0.05, 0.1) is 8.77 Å². The average Bonchev–Trinajstić information content (AvgIpc) is 2.44. The van der Waals surface area contributed by atoms with Crippen LogP contribution in [0, 0.1) is 6.92 Å². The average molecular weight is 357 g/mol. The predicted octanol–water partition coefficient (Wildman–Crippen LogP) is 2.16. The van der Waals surface area contributed by atoms with Crippen LogP contribution in [0.3, 0.4) is 0 Å². The second kappa shape index (κ2) is 5.75. The molecule has 0 saturated carbocycles. The van der Waals surface area contributed by atoms with Crippen molar-refractivity contribution in [3.05, 3.63) is 15.4 Å². The molecule has 3 N–H and O–H groups in total. The smallest absolute Gasteiger partial charge is 0.250 e. The highest BCUT2D eigenvalue weighted by Crippen LogP contribution is 2.30. The molecule has 0 bridgehead atoms. The number of thiophene rings is 1. The fraction of sp³-hybridized carbons (Fsp3) is 0.444. The van der Waals surface area contributed by atoms with Crippen LogP contribution in [0.5, 0.6) is 0 Å². The van der Waals surface area contributed by atoms with E-state index in [1.807, 2.05) is 6.92 Å². The lowest BCUT2D eigenvalue weighted by Crippen LogP contribution is -2.34. The predicted molar refractivity (Wildman–Crippen MR) is 77.9 cm³/mol. The molecule has 0 saturated heterocycles. The summed E-state index contributed by atoms with van der Waals surface area (Å²) < 4.78 is 27.6. The molecule has 17 heavy (non-hydrogen) atoms. The number of rotatable bonds is 5. The fourth-order valence-corrected chi connectivity index (χ4v) is 4.97. The van der Waals surface area contributed by atoms with E-state index in [1.165, 1.54) is 11.3 Å². The Hall–Kier alpha value is -0.0200. The highest BCUT2D eigenvalue weighted by molar-refractivity contribution is 9.11. The Morgan fingerprint density at radius 2 is 2.29 bits per heavy atom. The normalized spacial score (nSPS) is 13.6. The summed E-state index contributed by atoms with van der Waals surface area (Å²) in [5, 5.41) is 0. The monoisotopic (exact) mass is 356 g/mol. The van der Waals surface area contributed by atoms with Crippen LogP contribution in [0.2, 0.25) is 0 Å². The van der Waals surface area contributed by atoms with Gasteiger partial charge < -0.3 is 5.73 Å². The van der Waals surface area contributed by atoms with Crippen molar-refractivity contribution in [2.24, 2.45) is 5.73 Å². The molecule has 0 spiro atoms. The zero-order valence-corrected chi connectivity index (χ0v) is 13.4. The number of nitrogens with one attached hydrogen (secondary N) is 1. The highest BCUT2D eigenvalue weighted by Gasteiger charge is 2.20. The number of thiocarbonyl (C=S) groups is 1. The van der Waals surface area contributed by atoms with Crippen molar-refractivity contribution in [3.8, 4) is 0 Å². The van der Waals surface area contributed by atoms with Gasteiger partial charge in [-0.3, -0.25) is 0 Å².